The fourth-order valence-corrected chi connectivity index (χ4v) is 3.35. The molecule has 0 saturated heterocycles. The van der Waals surface area contributed by atoms with Gasteiger partial charge in [0, 0.05) is 11.8 Å². The zero-order valence-electron chi connectivity index (χ0n) is 12.2. The molecule has 0 aromatic heterocycles. The van der Waals surface area contributed by atoms with Gasteiger partial charge < -0.3 is 5.32 Å². The summed E-state index contributed by atoms with van der Waals surface area (Å²) >= 11 is 1.42. The predicted molar refractivity (Wildman–Crippen MR) is 82.1 cm³/mol. The topological polar surface area (TPSA) is 29.1 Å². The smallest absolute Gasteiger partial charge is 0.230 e. The van der Waals surface area contributed by atoms with Gasteiger partial charge in [0.2, 0.25) is 5.91 Å². The Morgan fingerprint density at radius 2 is 1.95 bits per heavy atom. The number of halogens is 2. The highest BCUT2D eigenvalue weighted by Gasteiger charge is 2.19. The van der Waals surface area contributed by atoms with Crippen LogP contribution in [0.5, 0.6) is 0 Å². The Kier molecular flexibility index (Phi) is 6.03. The second-order valence-electron chi connectivity index (χ2n) is 5.77. The quantitative estimate of drug-likeness (QED) is 0.893. The molecule has 1 aliphatic rings. The molecule has 116 valence electrons. The standard InChI is InChI=1S/C16H21F2NOS/c1-11-2-5-13(6-3-11)19-16(20)10-21-9-12-4-7-14(17)15(18)8-12/h4,7-8,11,13H,2-3,5-6,9-10H2,1H3,(H,19,20). The third kappa shape index (κ3) is 5.30. The van der Waals surface area contributed by atoms with E-state index in [2.05, 4.69) is 12.2 Å². The van der Waals surface area contributed by atoms with E-state index in [-0.39, 0.29) is 5.91 Å². The van der Waals surface area contributed by atoms with Gasteiger partial charge in [-0.1, -0.05) is 13.0 Å². The maximum absolute atomic E-state index is 13.0. The van der Waals surface area contributed by atoms with Crippen molar-refractivity contribution in [1.29, 1.82) is 0 Å². The molecule has 0 atom stereocenters. The lowest BCUT2D eigenvalue weighted by Crippen LogP contribution is -2.38. The molecule has 1 aliphatic carbocycles. The molecule has 1 amide bonds. The molecule has 1 fully saturated rings. The van der Waals surface area contributed by atoms with Crippen LogP contribution in [0.4, 0.5) is 8.78 Å². The molecule has 0 radical (unpaired) electrons. The van der Waals surface area contributed by atoms with Gasteiger partial charge >= 0.3 is 0 Å². The van der Waals surface area contributed by atoms with Crippen molar-refractivity contribution in [2.45, 2.75) is 44.4 Å². The first-order chi connectivity index (χ1) is 10.0. The Balaban J connectivity index is 1.68. The molecule has 1 aromatic rings. The summed E-state index contributed by atoms with van der Waals surface area (Å²) in [6.07, 6.45) is 4.46. The van der Waals surface area contributed by atoms with E-state index in [9.17, 15) is 13.6 Å². The monoisotopic (exact) mass is 313 g/mol. The van der Waals surface area contributed by atoms with E-state index >= 15 is 0 Å². The number of hydrogen-bond acceptors (Lipinski definition) is 2. The molecule has 1 saturated carbocycles. The molecule has 0 spiro atoms. The third-order valence-electron chi connectivity index (χ3n) is 3.87. The van der Waals surface area contributed by atoms with Crippen LogP contribution >= 0.6 is 11.8 Å². The molecule has 2 rings (SSSR count). The summed E-state index contributed by atoms with van der Waals surface area (Å²) in [5, 5.41) is 3.05. The van der Waals surface area contributed by atoms with Gasteiger partial charge in [-0.25, -0.2) is 8.78 Å². The lowest BCUT2D eigenvalue weighted by Gasteiger charge is -2.26. The van der Waals surface area contributed by atoms with Gasteiger partial charge in [0.05, 0.1) is 5.75 Å². The van der Waals surface area contributed by atoms with E-state index in [0.29, 0.717) is 23.1 Å². The number of carbonyl (C=O) groups is 1. The largest absolute Gasteiger partial charge is 0.353 e. The van der Waals surface area contributed by atoms with E-state index in [1.54, 1.807) is 6.07 Å². The summed E-state index contributed by atoms with van der Waals surface area (Å²) in [7, 11) is 0. The van der Waals surface area contributed by atoms with Gasteiger partial charge in [0.1, 0.15) is 0 Å². The Bertz CT molecular complexity index is 487. The maximum Gasteiger partial charge on any atom is 0.230 e. The Hall–Kier alpha value is -1.10. The molecule has 5 heteroatoms. The van der Waals surface area contributed by atoms with Crippen LogP contribution in [0.15, 0.2) is 18.2 Å². The van der Waals surface area contributed by atoms with Crippen molar-refractivity contribution in [3.8, 4) is 0 Å². The van der Waals surface area contributed by atoms with Crippen molar-refractivity contribution in [1.82, 2.24) is 5.32 Å². The van der Waals surface area contributed by atoms with Gasteiger partial charge in [-0.05, 0) is 49.3 Å². The van der Waals surface area contributed by atoms with Crippen molar-refractivity contribution >= 4 is 17.7 Å². The van der Waals surface area contributed by atoms with Gasteiger partial charge in [-0.3, -0.25) is 4.79 Å². The van der Waals surface area contributed by atoms with Crippen LogP contribution in [0.1, 0.15) is 38.2 Å². The summed E-state index contributed by atoms with van der Waals surface area (Å²) in [6, 6.07) is 4.15. The molecule has 21 heavy (non-hydrogen) atoms. The second kappa shape index (κ2) is 7.78. The van der Waals surface area contributed by atoms with Crippen molar-refractivity contribution in [3.05, 3.63) is 35.4 Å². The average Bonchev–Trinajstić information content (AvgIpc) is 2.45. The lowest BCUT2D eigenvalue weighted by molar-refractivity contribution is -0.119. The fourth-order valence-electron chi connectivity index (χ4n) is 2.56. The number of carbonyl (C=O) groups excluding carboxylic acids is 1. The van der Waals surface area contributed by atoms with E-state index in [0.717, 1.165) is 24.8 Å². The molecule has 2 nitrogen and oxygen atoms in total. The number of thioether (sulfide) groups is 1. The van der Waals surface area contributed by atoms with Crippen molar-refractivity contribution in [2.75, 3.05) is 5.75 Å². The zero-order chi connectivity index (χ0) is 15.2. The minimum atomic E-state index is -0.840. The van der Waals surface area contributed by atoms with Crippen LogP contribution in [-0.2, 0) is 10.5 Å². The van der Waals surface area contributed by atoms with Gasteiger partial charge in [-0.15, -0.1) is 11.8 Å². The van der Waals surface area contributed by atoms with Gasteiger partial charge in [-0.2, -0.15) is 0 Å². The molecular weight excluding hydrogens is 292 g/mol. The molecule has 1 aromatic carbocycles. The Labute approximate surface area is 128 Å². The normalized spacial score (nSPS) is 22.0. The number of hydrogen-bond donors (Lipinski definition) is 1. The van der Waals surface area contributed by atoms with Crippen molar-refractivity contribution in [2.24, 2.45) is 5.92 Å². The zero-order valence-corrected chi connectivity index (χ0v) is 13.0. The van der Waals surface area contributed by atoms with Crippen LogP contribution in [0.2, 0.25) is 0 Å². The Morgan fingerprint density at radius 1 is 1.24 bits per heavy atom. The molecule has 1 N–H and O–H groups in total. The number of amides is 1. The number of rotatable bonds is 5. The second-order valence-corrected chi connectivity index (χ2v) is 6.75. The minimum Gasteiger partial charge on any atom is -0.353 e. The molecular formula is C16H21F2NOS. The summed E-state index contributed by atoms with van der Waals surface area (Å²) < 4.78 is 25.8. The van der Waals surface area contributed by atoms with E-state index in [1.165, 1.54) is 30.7 Å². The number of benzene rings is 1. The summed E-state index contributed by atoms with van der Waals surface area (Å²) in [6.45, 7) is 2.25. The van der Waals surface area contributed by atoms with Crippen LogP contribution in [0, 0.1) is 17.6 Å². The summed E-state index contributed by atoms with van der Waals surface area (Å²) in [5.41, 5.74) is 0.693. The average molecular weight is 313 g/mol. The van der Waals surface area contributed by atoms with Crippen LogP contribution in [-0.4, -0.2) is 17.7 Å². The first kappa shape index (κ1) is 16.3. The van der Waals surface area contributed by atoms with Crippen molar-refractivity contribution in [3.63, 3.8) is 0 Å². The van der Waals surface area contributed by atoms with Crippen molar-refractivity contribution < 1.29 is 13.6 Å². The Morgan fingerprint density at radius 3 is 2.62 bits per heavy atom. The fraction of sp³-hybridized carbons (Fsp3) is 0.562. The predicted octanol–water partition coefficient (Wildman–Crippen LogP) is 3.89. The first-order valence-electron chi connectivity index (χ1n) is 7.35. The van der Waals surface area contributed by atoms with Crippen LogP contribution < -0.4 is 5.32 Å². The van der Waals surface area contributed by atoms with E-state index in [1.807, 2.05) is 0 Å². The van der Waals surface area contributed by atoms with Crippen LogP contribution in [0.3, 0.4) is 0 Å². The molecule has 0 heterocycles. The lowest BCUT2D eigenvalue weighted by atomic mass is 9.87. The van der Waals surface area contributed by atoms with E-state index < -0.39 is 11.6 Å². The first-order valence-corrected chi connectivity index (χ1v) is 8.51. The van der Waals surface area contributed by atoms with E-state index in [4.69, 9.17) is 0 Å². The number of nitrogens with one attached hydrogen (secondary N) is 1. The molecule has 0 aliphatic heterocycles. The third-order valence-corrected chi connectivity index (χ3v) is 4.87. The molecule has 0 unspecified atom stereocenters. The highest BCUT2D eigenvalue weighted by Crippen LogP contribution is 2.23. The summed E-state index contributed by atoms with van der Waals surface area (Å²) in [5.74, 6) is -0.0258. The van der Waals surface area contributed by atoms with Gasteiger partial charge in [0.15, 0.2) is 11.6 Å². The highest BCUT2D eigenvalue weighted by atomic mass is 32.2. The summed E-state index contributed by atoms with van der Waals surface area (Å²) in [4.78, 5) is 11.8. The maximum atomic E-state index is 13.0. The highest BCUT2D eigenvalue weighted by molar-refractivity contribution is 7.99. The SMILES string of the molecule is CC1CCC(NC(=O)CSCc2ccc(F)c(F)c2)CC1. The minimum absolute atomic E-state index is 0.0298. The van der Waals surface area contributed by atoms with Crippen LogP contribution in [0.25, 0.3) is 0 Å². The van der Waals surface area contributed by atoms with Gasteiger partial charge in [0.25, 0.3) is 0 Å². The molecule has 0 bridgehead atoms.